The molecule has 0 aliphatic heterocycles. The van der Waals surface area contributed by atoms with Gasteiger partial charge in [-0.15, -0.1) is 0 Å². The van der Waals surface area contributed by atoms with Gasteiger partial charge in [0, 0.05) is 13.2 Å². The molecule has 106 valence electrons. The molecule has 6 nitrogen and oxygen atoms in total. The Kier molecular flexibility index (Phi) is 4.47. The van der Waals surface area contributed by atoms with Crippen LogP contribution in [0.4, 0.5) is 0 Å². The number of nitrogens with zero attached hydrogens (tertiary/aromatic N) is 2. The third kappa shape index (κ3) is 3.21. The van der Waals surface area contributed by atoms with E-state index in [9.17, 15) is 9.59 Å². The van der Waals surface area contributed by atoms with E-state index in [0.717, 1.165) is 0 Å². The van der Waals surface area contributed by atoms with Gasteiger partial charge in [-0.2, -0.15) is 0 Å². The molecule has 1 atom stereocenters. The molecular weight excluding hydrogens is 258 g/mol. The second-order valence-electron chi connectivity index (χ2n) is 4.62. The number of fused-ring (bicyclic) bond motifs is 1. The molecule has 0 aliphatic carbocycles. The molecule has 20 heavy (non-hydrogen) atoms. The monoisotopic (exact) mass is 275 g/mol. The Morgan fingerprint density at radius 2 is 2.20 bits per heavy atom. The van der Waals surface area contributed by atoms with Crippen LogP contribution in [-0.2, 0) is 16.1 Å². The lowest BCUT2D eigenvalue weighted by atomic mass is 10.2. The molecule has 6 heteroatoms. The molecule has 1 heterocycles. The second kappa shape index (κ2) is 6.29. The number of methoxy groups -OCH3 is 1. The van der Waals surface area contributed by atoms with E-state index >= 15 is 0 Å². The van der Waals surface area contributed by atoms with Gasteiger partial charge in [0.15, 0.2) is 0 Å². The van der Waals surface area contributed by atoms with Crippen LogP contribution in [0.25, 0.3) is 10.9 Å². The fourth-order valence-electron chi connectivity index (χ4n) is 1.99. The van der Waals surface area contributed by atoms with Gasteiger partial charge in [0.25, 0.3) is 5.56 Å². The SMILES string of the molecule is COC[C@H](C)NC(=O)Cn1cnc2ccccc2c1=O. The summed E-state index contributed by atoms with van der Waals surface area (Å²) in [4.78, 5) is 28.2. The van der Waals surface area contributed by atoms with E-state index in [-0.39, 0.29) is 24.1 Å². The standard InChI is InChI=1S/C14H17N3O3/c1-10(8-20-2)16-13(18)7-17-9-15-12-6-4-3-5-11(12)14(17)19/h3-6,9-10H,7-8H2,1-2H3,(H,16,18)/t10-/m0/s1. The van der Waals surface area contributed by atoms with Crippen molar-refractivity contribution in [2.75, 3.05) is 13.7 Å². The lowest BCUT2D eigenvalue weighted by Gasteiger charge is -2.13. The zero-order valence-corrected chi connectivity index (χ0v) is 11.5. The number of ether oxygens (including phenoxy) is 1. The second-order valence-corrected chi connectivity index (χ2v) is 4.62. The highest BCUT2D eigenvalue weighted by atomic mass is 16.5. The first-order chi connectivity index (χ1) is 9.61. The van der Waals surface area contributed by atoms with Crippen LogP contribution in [0.1, 0.15) is 6.92 Å². The van der Waals surface area contributed by atoms with Gasteiger partial charge in [-0.1, -0.05) is 12.1 Å². The molecule has 2 rings (SSSR count). The van der Waals surface area contributed by atoms with E-state index in [1.54, 1.807) is 25.3 Å². The predicted molar refractivity (Wildman–Crippen MR) is 75.5 cm³/mol. The molecular formula is C14H17N3O3. The minimum atomic E-state index is -0.242. The molecule has 0 saturated carbocycles. The highest BCUT2D eigenvalue weighted by Gasteiger charge is 2.10. The van der Waals surface area contributed by atoms with Crippen LogP contribution in [-0.4, -0.2) is 35.2 Å². The minimum Gasteiger partial charge on any atom is -0.383 e. The molecule has 0 saturated heterocycles. The summed E-state index contributed by atoms with van der Waals surface area (Å²) in [5.74, 6) is -0.242. The number of rotatable bonds is 5. The average molecular weight is 275 g/mol. The highest BCUT2D eigenvalue weighted by Crippen LogP contribution is 2.04. The number of hydrogen-bond acceptors (Lipinski definition) is 4. The van der Waals surface area contributed by atoms with Crippen molar-refractivity contribution in [3.05, 3.63) is 40.9 Å². The van der Waals surface area contributed by atoms with Crippen LogP contribution in [0, 0.1) is 0 Å². The number of hydrogen-bond donors (Lipinski definition) is 1. The fourth-order valence-corrected chi connectivity index (χ4v) is 1.99. The Labute approximate surface area is 116 Å². The third-order valence-electron chi connectivity index (χ3n) is 2.87. The molecule has 0 aliphatic rings. The number of nitrogens with one attached hydrogen (secondary N) is 1. The summed E-state index contributed by atoms with van der Waals surface area (Å²) in [6.07, 6.45) is 1.39. The lowest BCUT2D eigenvalue weighted by molar-refractivity contribution is -0.122. The Morgan fingerprint density at radius 1 is 1.45 bits per heavy atom. The normalized spacial score (nSPS) is 12.3. The zero-order valence-electron chi connectivity index (χ0n) is 11.5. The summed E-state index contributed by atoms with van der Waals surface area (Å²) in [5.41, 5.74) is 0.409. The Balaban J connectivity index is 2.16. The molecule has 0 unspecified atom stereocenters. The Morgan fingerprint density at radius 3 is 2.95 bits per heavy atom. The van der Waals surface area contributed by atoms with E-state index in [1.807, 2.05) is 13.0 Å². The van der Waals surface area contributed by atoms with E-state index in [0.29, 0.717) is 17.5 Å². The van der Waals surface area contributed by atoms with Crippen molar-refractivity contribution in [1.29, 1.82) is 0 Å². The minimum absolute atomic E-state index is 0.0509. The number of para-hydroxylation sites is 1. The van der Waals surface area contributed by atoms with Gasteiger partial charge in [0.2, 0.25) is 5.91 Å². The van der Waals surface area contributed by atoms with Crippen LogP contribution in [0.2, 0.25) is 0 Å². The predicted octanol–water partition coefficient (Wildman–Crippen LogP) is 0.548. The van der Waals surface area contributed by atoms with Gasteiger partial charge >= 0.3 is 0 Å². The van der Waals surface area contributed by atoms with Gasteiger partial charge in [-0.05, 0) is 19.1 Å². The maximum absolute atomic E-state index is 12.2. The summed E-state index contributed by atoms with van der Waals surface area (Å²) >= 11 is 0. The first-order valence-electron chi connectivity index (χ1n) is 6.34. The zero-order chi connectivity index (χ0) is 14.5. The first-order valence-corrected chi connectivity index (χ1v) is 6.34. The van der Waals surface area contributed by atoms with Crippen molar-refractivity contribution < 1.29 is 9.53 Å². The van der Waals surface area contributed by atoms with E-state index in [4.69, 9.17) is 4.74 Å². The van der Waals surface area contributed by atoms with Crippen molar-refractivity contribution in [3.8, 4) is 0 Å². The molecule has 0 radical (unpaired) electrons. The van der Waals surface area contributed by atoms with Gasteiger partial charge in [-0.3, -0.25) is 14.2 Å². The van der Waals surface area contributed by atoms with Crippen molar-refractivity contribution in [1.82, 2.24) is 14.9 Å². The number of amides is 1. The van der Waals surface area contributed by atoms with Gasteiger partial charge in [0.05, 0.1) is 23.8 Å². The van der Waals surface area contributed by atoms with Crippen molar-refractivity contribution in [3.63, 3.8) is 0 Å². The summed E-state index contributed by atoms with van der Waals surface area (Å²) < 4.78 is 6.24. The third-order valence-corrected chi connectivity index (χ3v) is 2.87. The number of carbonyl (C=O) groups excluding carboxylic acids is 1. The molecule has 0 spiro atoms. The Bertz CT molecular complexity index is 666. The molecule has 0 bridgehead atoms. The first kappa shape index (κ1) is 14.2. The van der Waals surface area contributed by atoms with Crippen molar-refractivity contribution >= 4 is 16.8 Å². The number of carbonyl (C=O) groups is 1. The number of aromatic nitrogens is 2. The summed E-state index contributed by atoms with van der Waals surface area (Å²) in [5, 5.41) is 3.26. The van der Waals surface area contributed by atoms with Crippen LogP contribution in [0.3, 0.4) is 0 Å². The molecule has 1 N–H and O–H groups in total. The fraction of sp³-hybridized carbons (Fsp3) is 0.357. The summed E-state index contributed by atoms with van der Waals surface area (Å²) in [6, 6.07) is 6.96. The topological polar surface area (TPSA) is 73.2 Å². The van der Waals surface area contributed by atoms with Crippen LogP contribution >= 0.6 is 0 Å². The van der Waals surface area contributed by atoms with Crippen LogP contribution in [0.5, 0.6) is 0 Å². The highest BCUT2D eigenvalue weighted by molar-refractivity contribution is 5.78. The van der Waals surface area contributed by atoms with Crippen molar-refractivity contribution in [2.45, 2.75) is 19.5 Å². The van der Waals surface area contributed by atoms with Crippen molar-refractivity contribution in [2.24, 2.45) is 0 Å². The van der Waals surface area contributed by atoms with Crippen LogP contribution < -0.4 is 10.9 Å². The maximum Gasteiger partial charge on any atom is 0.261 e. The molecule has 1 aromatic carbocycles. The molecule has 0 fully saturated rings. The summed E-state index contributed by atoms with van der Waals surface area (Å²) in [7, 11) is 1.57. The quantitative estimate of drug-likeness (QED) is 0.864. The van der Waals surface area contributed by atoms with Gasteiger partial charge < -0.3 is 10.1 Å². The Hall–Kier alpha value is -2.21. The average Bonchev–Trinajstić information content (AvgIpc) is 2.42. The van der Waals surface area contributed by atoms with Gasteiger partial charge in [-0.25, -0.2) is 4.98 Å². The van der Waals surface area contributed by atoms with Crippen LogP contribution in [0.15, 0.2) is 35.4 Å². The van der Waals surface area contributed by atoms with Gasteiger partial charge in [0.1, 0.15) is 6.54 Å². The largest absolute Gasteiger partial charge is 0.383 e. The summed E-state index contributed by atoms with van der Waals surface area (Å²) in [6.45, 7) is 2.21. The van der Waals surface area contributed by atoms with E-state index < -0.39 is 0 Å². The molecule has 1 amide bonds. The molecule has 2 aromatic rings. The lowest BCUT2D eigenvalue weighted by Crippen LogP contribution is -2.39. The number of benzene rings is 1. The smallest absolute Gasteiger partial charge is 0.261 e. The molecule has 1 aromatic heterocycles. The maximum atomic E-state index is 12.2. The van der Waals surface area contributed by atoms with E-state index in [2.05, 4.69) is 10.3 Å². The van der Waals surface area contributed by atoms with E-state index in [1.165, 1.54) is 10.9 Å².